The number of methoxy groups -OCH3 is 2. The molecule has 174 valence electrons. The maximum Gasteiger partial charge on any atom is 0.309 e. The summed E-state index contributed by atoms with van der Waals surface area (Å²) in [5, 5.41) is 2.66. The van der Waals surface area contributed by atoms with E-state index in [1.54, 1.807) is 35.3 Å². The summed E-state index contributed by atoms with van der Waals surface area (Å²) in [6.45, 7) is 0.522. The van der Waals surface area contributed by atoms with Crippen molar-refractivity contribution in [3.63, 3.8) is 0 Å². The molecule has 2 aromatic rings. The van der Waals surface area contributed by atoms with Gasteiger partial charge in [-0.3, -0.25) is 14.4 Å². The third-order valence-corrected chi connectivity index (χ3v) is 5.38. The molecule has 0 aromatic heterocycles. The lowest BCUT2D eigenvalue weighted by Crippen LogP contribution is -2.40. The van der Waals surface area contributed by atoms with E-state index < -0.39 is 18.5 Å². The SMILES string of the molecule is COc1ccc(OC)c(NC(=O)COC(=O)C2CCN(C(=O)/C=C/c3ccccc3)CC2)c1. The first kappa shape index (κ1) is 23.8. The van der Waals surface area contributed by atoms with E-state index in [9.17, 15) is 14.4 Å². The minimum atomic E-state index is -0.478. The molecule has 0 bridgehead atoms. The molecule has 1 fully saturated rings. The standard InChI is InChI=1S/C25H28N2O6/c1-31-20-9-10-22(32-2)21(16-20)26-23(28)17-33-25(30)19-12-14-27(15-13-19)24(29)11-8-18-6-4-3-5-7-18/h3-11,16,19H,12-15,17H2,1-2H3,(H,26,28)/b11-8+. The van der Waals surface area contributed by atoms with Gasteiger partial charge in [0, 0.05) is 25.2 Å². The van der Waals surface area contributed by atoms with Gasteiger partial charge < -0.3 is 24.4 Å². The second-order valence-electron chi connectivity index (χ2n) is 7.57. The molecule has 1 aliphatic rings. The molecule has 0 unspecified atom stereocenters. The van der Waals surface area contributed by atoms with Crippen LogP contribution in [0.25, 0.3) is 6.08 Å². The van der Waals surface area contributed by atoms with Gasteiger partial charge in [-0.05, 0) is 36.6 Å². The zero-order valence-corrected chi connectivity index (χ0v) is 18.8. The van der Waals surface area contributed by atoms with Gasteiger partial charge >= 0.3 is 5.97 Å². The molecule has 8 nitrogen and oxygen atoms in total. The molecular formula is C25H28N2O6. The van der Waals surface area contributed by atoms with E-state index in [0.717, 1.165) is 5.56 Å². The second-order valence-corrected chi connectivity index (χ2v) is 7.57. The number of nitrogens with one attached hydrogen (secondary N) is 1. The maximum atomic E-state index is 12.4. The van der Waals surface area contributed by atoms with Crippen LogP contribution >= 0.6 is 0 Å². The van der Waals surface area contributed by atoms with E-state index in [1.165, 1.54) is 14.2 Å². The fourth-order valence-corrected chi connectivity index (χ4v) is 3.53. The quantitative estimate of drug-likeness (QED) is 0.489. The molecule has 0 spiro atoms. The normalized spacial score (nSPS) is 14.1. The number of hydrogen-bond acceptors (Lipinski definition) is 6. The van der Waals surface area contributed by atoms with Crippen LogP contribution in [0.4, 0.5) is 5.69 Å². The number of anilines is 1. The van der Waals surface area contributed by atoms with Crippen LogP contribution in [0, 0.1) is 5.92 Å². The summed E-state index contributed by atoms with van der Waals surface area (Å²) >= 11 is 0. The minimum Gasteiger partial charge on any atom is -0.497 e. The van der Waals surface area contributed by atoms with E-state index in [-0.39, 0.29) is 11.8 Å². The van der Waals surface area contributed by atoms with Gasteiger partial charge in [0.15, 0.2) is 6.61 Å². The van der Waals surface area contributed by atoms with Crippen LogP contribution in [0.2, 0.25) is 0 Å². The molecule has 8 heteroatoms. The lowest BCUT2D eigenvalue weighted by molar-refractivity contribution is -0.153. The molecule has 33 heavy (non-hydrogen) atoms. The molecule has 0 saturated carbocycles. The predicted molar refractivity (Wildman–Crippen MR) is 124 cm³/mol. The highest BCUT2D eigenvalue weighted by atomic mass is 16.5. The Morgan fingerprint density at radius 2 is 1.76 bits per heavy atom. The summed E-state index contributed by atoms with van der Waals surface area (Å²) in [6, 6.07) is 14.6. The van der Waals surface area contributed by atoms with Crippen LogP contribution < -0.4 is 14.8 Å². The molecular weight excluding hydrogens is 424 g/mol. The number of likely N-dealkylation sites (tertiary alicyclic amines) is 1. The van der Waals surface area contributed by atoms with Gasteiger partial charge in [-0.15, -0.1) is 0 Å². The molecule has 3 rings (SSSR count). The fourth-order valence-electron chi connectivity index (χ4n) is 3.53. The highest BCUT2D eigenvalue weighted by molar-refractivity contribution is 5.94. The number of amides is 2. The van der Waals surface area contributed by atoms with Crippen molar-refractivity contribution in [2.75, 3.05) is 39.2 Å². The zero-order chi connectivity index (χ0) is 23.6. The zero-order valence-electron chi connectivity index (χ0n) is 18.8. The first-order chi connectivity index (χ1) is 16.0. The Bertz CT molecular complexity index is 997. The molecule has 2 aromatic carbocycles. The Morgan fingerprint density at radius 3 is 2.42 bits per heavy atom. The van der Waals surface area contributed by atoms with Crippen LogP contribution in [0.15, 0.2) is 54.6 Å². The molecule has 1 heterocycles. The number of esters is 1. The van der Waals surface area contributed by atoms with Gasteiger partial charge in [0.25, 0.3) is 5.91 Å². The number of carbonyl (C=O) groups excluding carboxylic acids is 3. The average Bonchev–Trinajstić information content (AvgIpc) is 2.86. The van der Waals surface area contributed by atoms with E-state index in [0.29, 0.717) is 43.1 Å². The number of nitrogens with zero attached hydrogens (tertiary/aromatic N) is 1. The van der Waals surface area contributed by atoms with Crippen LogP contribution in [0.3, 0.4) is 0 Å². The first-order valence-corrected chi connectivity index (χ1v) is 10.7. The summed E-state index contributed by atoms with van der Waals surface area (Å²) in [4.78, 5) is 38.8. The highest BCUT2D eigenvalue weighted by Crippen LogP contribution is 2.28. The first-order valence-electron chi connectivity index (χ1n) is 10.7. The lowest BCUT2D eigenvalue weighted by atomic mass is 9.97. The topological polar surface area (TPSA) is 94.2 Å². The highest BCUT2D eigenvalue weighted by Gasteiger charge is 2.28. The Balaban J connectivity index is 1.43. The van der Waals surface area contributed by atoms with Gasteiger partial charge in [0.05, 0.1) is 25.8 Å². The van der Waals surface area contributed by atoms with Crippen molar-refractivity contribution in [2.24, 2.45) is 5.92 Å². The van der Waals surface area contributed by atoms with Crippen LogP contribution in [-0.2, 0) is 19.1 Å². The van der Waals surface area contributed by atoms with Crippen LogP contribution in [0.1, 0.15) is 18.4 Å². The van der Waals surface area contributed by atoms with Gasteiger partial charge in [-0.1, -0.05) is 30.3 Å². The Morgan fingerprint density at radius 1 is 1.03 bits per heavy atom. The van der Waals surface area contributed by atoms with Gasteiger partial charge in [-0.2, -0.15) is 0 Å². The smallest absolute Gasteiger partial charge is 0.309 e. The summed E-state index contributed by atoms with van der Waals surface area (Å²) in [7, 11) is 3.01. The molecule has 0 aliphatic carbocycles. The third kappa shape index (κ3) is 6.83. The van der Waals surface area contributed by atoms with Crippen LogP contribution in [0.5, 0.6) is 11.5 Å². The summed E-state index contributed by atoms with van der Waals surface area (Å²) in [5.74, 6) is -0.316. The van der Waals surface area contributed by atoms with E-state index in [2.05, 4.69) is 5.32 Å². The Labute approximate surface area is 193 Å². The largest absolute Gasteiger partial charge is 0.497 e. The third-order valence-electron chi connectivity index (χ3n) is 5.38. The Kier molecular flexibility index (Phi) is 8.46. The molecule has 1 aliphatic heterocycles. The Hall–Kier alpha value is -3.81. The van der Waals surface area contributed by atoms with Crippen LogP contribution in [-0.4, -0.2) is 56.6 Å². The van der Waals surface area contributed by atoms with E-state index in [4.69, 9.17) is 14.2 Å². The monoisotopic (exact) mass is 452 g/mol. The van der Waals surface area contributed by atoms with Gasteiger partial charge in [-0.25, -0.2) is 0 Å². The molecule has 1 N–H and O–H groups in total. The van der Waals surface area contributed by atoms with Gasteiger partial charge in [0.2, 0.25) is 5.91 Å². The lowest BCUT2D eigenvalue weighted by Gasteiger charge is -2.30. The van der Waals surface area contributed by atoms with Crippen molar-refractivity contribution in [3.05, 3.63) is 60.2 Å². The summed E-state index contributed by atoms with van der Waals surface area (Å²) in [5.41, 5.74) is 1.38. The molecule has 2 amide bonds. The second kappa shape index (κ2) is 11.7. The van der Waals surface area contributed by atoms with E-state index in [1.807, 2.05) is 30.3 Å². The van der Waals surface area contributed by atoms with E-state index >= 15 is 0 Å². The van der Waals surface area contributed by atoms with Crippen molar-refractivity contribution in [3.8, 4) is 11.5 Å². The summed E-state index contributed by atoms with van der Waals surface area (Å²) in [6.07, 6.45) is 4.31. The summed E-state index contributed by atoms with van der Waals surface area (Å²) < 4.78 is 15.6. The van der Waals surface area contributed by atoms with Crippen molar-refractivity contribution in [1.29, 1.82) is 0 Å². The van der Waals surface area contributed by atoms with Crippen molar-refractivity contribution >= 4 is 29.5 Å². The number of piperidine rings is 1. The van der Waals surface area contributed by atoms with Crippen molar-refractivity contribution < 1.29 is 28.6 Å². The predicted octanol–water partition coefficient (Wildman–Crippen LogP) is 3.14. The molecule has 0 atom stereocenters. The fraction of sp³-hybridized carbons (Fsp3) is 0.320. The molecule has 0 radical (unpaired) electrons. The number of benzene rings is 2. The average molecular weight is 453 g/mol. The van der Waals surface area contributed by atoms with Crippen molar-refractivity contribution in [1.82, 2.24) is 4.90 Å². The number of ether oxygens (including phenoxy) is 3. The number of rotatable bonds is 8. The van der Waals surface area contributed by atoms with Gasteiger partial charge in [0.1, 0.15) is 11.5 Å². The minimum absolute atomic E-state index is 0.0858. The number of hydrogen-bond donors (Lipinski definition) is 1. The maximum absolute atomic E-state index is 12.4. The number of carbonyl (C=O) groups is 3. The molecule has 1 saturated heterocycles. The van der Waals surface area contributed by atoms with Crippen molar-refractivity contribution in [2.45, 2.75) is 12.8 Å².